The van der Waals surface area contributed by atoms with Gasteiger partial charge in [0, 0.05) is 6.20 Å². The van der Waals surface area contributed by atoms with Gasteiger partial charge in [-0.3, -0.25) is 4.79 Å². The summed E-state index contributed by atoms with van der Waals surface area (Å²) in [6.45, 7) is 3.20. The number of hydrogen-bond donors (Lipinski definition) is 1. The quantitative estimate of drug-likeness (QED) is 0.802. The van der Waals surface area contributed by atoms with E-state index in [4.69, 9.17) is 9.47 Å². The number of ether oxygens (including phenoxy) is 2. The number of carbonyl (C=O) groups excluding carboxylic acids is 1. The summed E-state index contributed by atoms with van der Waals surface area (Å²) in [7, 11) is 0. The third-order valence-corrected chi connectivity index (χ3v) is 2.36. The zero-order chi connectivity index (χ0) is 11.4. The molecule has 16 heavy (non-hydrogen) atoms. The van der Waals surface area contributed by atoms with E-state index < -0.39 is 6.10 Å². The molecular weight excluding hydrogens is 208 g/mol. The van der Waals surface area contributed by atoms with Crippen LogP contribution in [0.25, 0.3) is 0 Å². The minimum absolute atomic E-state index is 0.207. The smallest absolute Gasteiger partial charge is 0.257 e. The van der Waals surface area contributed by atoms with Crippen LogP contribution in [0.4, 0.5) is 5.82 Å². The van der Waals surface area contributed by atoms with Crippen LogP contribution in [0.1, 0.15) is 5.56 Å². The molecule has 1 aliphatic heterocycles. The van der Waals surface area contributed by atoms with Crippen LogP contribution in [0.5, 0.6) is 0 Å². The highest BCUT2D eigenvalue weighted by Gasteiger charge is 2.23. The van der Waals surface area contributed by atoms with Gasteiger partial charge in [-0.05, 0) is 18.6 Å². The minimum Gasteiger partial charge on any atom is -0.376 e. The topological polar surface area (TPSA) is 60.5 Å². The molecule has 1 aromatic heterocycles. The van der Waals surface area contributed by atoms with E-state index in [1.807, 2.05) is 19.1 Å². The molecular formula is C11H14N2O3. The van der Waals surface area contributed by atoms with Gasteiger partial charge in [-0.1, -0.05) is 6.07 Å². The van der Waals surface area contributed by atoms with E-state index in [1.54, 1.807) is 6.20 Å². The molecule has 1 aliphatic rings. The predicted molar refractivity (Wildman–Crippen MR) is 58.2 cm³/mol. The first kappa shape index (κ1) is 11.0. The first-order valence-corrected chi connectivity index (χ1v) is 5.19. The normalized spacial score (nSPS) is 20.4. The summed E-state index contributed by atoms with van der Waals surface area (Å²) in [6.07, 6.45) is 1.11. The fourth-order valence-electron chi connectivity index (χ4n) is 1.45. The van der Waals surface area contributed by atoms with E-state index in [0.29, 0.717) is 25.6 Å². The average Bonchev–Trinajstić information content (AvgIpc) is 2.33. The summed E-state index contributed by atoms with van der Waals surface area (Å²) in [6, 6.07) is 3.71. The van der Waals surface area contributed by atoms with Gasteiger partial charge in [-0.2, -0.15) is 0 Å². The summed E-state index contributed by atoms with van der Waals surface area (Å²) < 4.78 is 10.5. The van der Waals surface area contributed by atoms with Crippen molar-refractivity contribution < 1.29 is 14.3 Å². The maximum absolute atomic E-state index is 11.8. The van der Waals surface area contributed by atoms with Crippen molar-refractivity contribution in [2.24, 2.45) is 0 Å². The summed E-state index contributed by atoms with van der Waals surface area (Å²) in [5.74, 6) is 0.364. The van der Waals surface area contributed by atoms with Crippen LogP contribution in [-0.4, -0.2) is 36.8 Å². The molecule has 0 aromatic carbocycles. The Labute approximate surface area is 93.8 Å². The molecule has 1 atom stereocenters. The molecule has 2 heterocycles. The Morgan fingerprint density at radius 2 is 2.44 bits per heavy atom. The van der Waals surface area contributed by atoms with Crippen LogP contribution in [0.15, 0.2) is 18.3 Å². The molecule has 0 spiro atoms. The van der Waals surface area contributed by atoms with Gasteiger partial charge in [-0.25, -0.2) is 4.98 Å². The average molecular weight is 222 g/mol. The van der Waals surface area contributed by atoms with E-state index in [1.165, 1.54) is 0 Å². The maximum Gasteiger partial charge on any atom is 0.257 e. The summed E-state index contributed by atoms with van der Waals surface area (Å²) in [5, 5.41) is 2.72. The Bertz CT molecular complexity index is 375. The van der Waals surface area contributed by atoms with Crippen LogP contribution in [0.2, 0.25) is 0 Å². The van der Waals surface area contributed by atoms with Gasteiger partial charge in [0.25, 0.3) is 5.91 Å². The Balaban J connectivity index is 1.99. The first-order valence-electron chi connectivity index (χ1n) is 5.19. The van der Waals surface area contributed by atoms with Crippen molar-refractivity contribution in [3.63, 3.8) is 0 Å². The van der Waals surface area contributed by atoms with Crippen LogP contribution < -0.4 is 5.32 Å². The molecule has 0 aliphatic carbocycles. The van der Waals surface area contributed by atoms with Crippen molar-refractivity contribution >= 4 is 11.7 Å². The molecule has 5 heteroatoms. The Morgan fingerprint density at radius 1 is 1.56 bits per heavy atom. The molecule has 86 valence electrons. The second kappa shape index (κ2) is 5.05. The number of nitrogens with one attached hydrogen (secondary N) is 1. The van der Waals surface area contributed by atoms with Gasteiger partial charge in [-0.15, -0.1) is 0 Å². The first-order chi connectivity index (χ1) is 7.77. The molecule has 1 fully saturated rings. The highest BCUT2D eigenvalue weighted by atomic mass is 16.6. The van der Waals surface area contributed by atoms with Crippen LogP contribution in [-0.2, 0) is 14.3 Å². The SMILES string of the molecule is Cc1cccnc1NC(=O)C1COCCO1. The standard InChI is InChI=1S/C11H14N2O3/c1-8-3-2-4-12-10(8)13-11(14)9-7-15-5-6-16-9/h2-4,9H,5-7H2,1H3,(H,12,13,14). The molecule has 1 saturated heterocycles. The lowest BCUT2D eigenvalue weighted by molar-refractivity contribution is -0.142. The molecule has 0 saturated carbocycles. The van der Waals surface area contributed by atoms with Crippen molar-refractivity contribution in [3.8, 4) is 0 Å². The second-order valence-electron chi connectivity index (χ2n) is 3.59. The number of aryl methyl sites for hydroxylation is 1. The fraction of sp³-hybridized carbons (Fsp3) is 0.455. The summed E-state index contributed by atoms with van der Waals surface area (Å²) in [4.78, 5) is 15.8. The summed E-state index contributed by atoms with van der Waals surface area (Å²) in [5.41, 5.74) is 0.924. The second-order valence-corrected chi connectivity index (χ2v) is 3.59. The van der Waals surface area contributed by atoms with E-state index in [9.17, 15) is 4.79 Å². The Hall–Kier alpha value is -1.46. The van der Waals surface area contributed by atoms with Crippen molar-refractivity contribution in [2.75, 3.05) is 25.1 Å². The molecule has 5 nitrogen and oxygen atoms in total. The summed E-state index contributed by atoms with van der Waals surface area (Å²) >= 11 is 0. The lowest BCUT2D eigenvalue weighted by Gasteiger charge is -2.22. The van der Waals surface area contributed by atoms with E-state index >= 15 is 0 Å². The lowest BCUT2D eigenvalue weighted by Crippen LogP contribution is -2.39. The van der Waals surface area contributed by atoms with E-state index in [0.717, 1.165) is 5.56 Å². The molecule has 2 rings (SSSR count). The molecule has 1 amide bonds. The number of amides is 1. The Morgan fingerprint density at radius 3 is 3.12 bits per heavy atom. The minimum atomic E-state index is -0.532. The van der Waals surface area contributed by atoms with Gasteiger partial charge in [0.15, 0.2) is 6.10 Å². The number of rotatable bonds is 2. The third kappa shape index (κ3) is 2.56. The number of nitrogens with zero attached hydrogens (tertiary/aromatic N) is 1. The van der Waals surface area contributed by atoms with Crippen molar-refractivity contribution in [1.82, 2.24) is 4.98 Å². The number of carbonyl (C=O) groups is 1. The molecule has 0 bridgehead atoms. The Kier molecular flexibility index (Phi) is 3.48. The predicted octanol–water partition coefficient (Wildman–Crippen LogP) is 0.744. The number of aromatic nitrogens is 1. The zero-order valence-electron chi connectivity index (χ0n) is 9.10. The fourth-order valence-corrected chi connectivity index (χ4v) is 1.45. The van der Waals surface area contributed by atoms with Gasteiger partial charge in [0.1, 0.15) is 5.82 Å². The highest BCUT2D eigenvalue weighted by Crippen LogP contribution is 2.11. The van der Waals surface area contributed by atoms with Crippen LogP contribution >= 0.6 is 0 Å². The molecule has 1 N–H and O–H groups in total. The maximum atomic E-state index is 11.8. The number of anilines is 1. The van der Waals surface area contributed by atoms with Gasteiger partial charge < -0.3 is 14.8 Å². The van der Waals surface area contributed by atoms with Gasteiger partial charge in [0.05, 0.1) is 19.8 Å². The van der Waals surface area contributed by atoms with Gasteiger partial charge in [0.2, 0.25) is 0 Å². The van der Waals surface area contributed by atoms with Crippen molar-refractivity contribution in [3.05, 3.63) is 23.9 Å². The van der Waals surface area contributed by atoms with E-state index in [2.05, 4.69) is 10.3 Å². The monoisotopic (exact) mass is 222 g/mol. The van der Waals surface area contributed by atoms with Crippen molar-refractivity contribution in [2.45, 2.75) is 13.0 Å². The van der Waals surface area contributed by atoms with Gasteiger partial charge >= 0.3 is 0 Å². The number of hydrogen-bond acceptors (Lipinski definition) is 4. The van der Waals surface area contributed by atoms with E-state index in [-0.39, 0.29) is 5.91 Å². The molecule has 1 aromatic rings. The largest absolute Gasteiger partial charge is 0.376 e. The van der Waals surface area contributed by atoms with Crippen LogP contribution in [0, 0.1) is 6.92 Å². The number of pyridine rings is 1. The van der Waals surface area contributed by atoms with Crippen molar-refractivity contribution in [1.29, 1.82) is 0 Å². The lowest BCUT2D eigenvalue weighted by atomic mass is 10.2. The molecule has 1 unspecified atom stereocenters. The van der Waals surface area contributed by atoms with Crippen LogP contribution in [0.3, 0.4) is 0 Å². The third-order valence-electron chi connectivity index (χ3n) is 2.36. The zero-order valence-corrected chi connectivity index (χ0v) is 9.10. The highest BCUT2D eigenvalue weighted by molar-refractivity contribution is 5.94. The molecule has 0 radical (unpaired) electrons.